The average molecular weight is 729 g/mol. The molecule has 0 aliphatic rings. The van der Waals surface area contributed by atoms with Gasteiger partial charge in [-0.15, -0.1) is 0 Å². The van der Waals surface area contributed by atoms with E-state index in [2.05, 4.69) is 0 Å². The summed E-state index contributed by atoms with van der Waals surface area (Å²) < 4.78 is 1.27. The van der Waals surface area contributed by atoms with Gasteiger partial charge in [-0.3, -0.25) is 0 Å². The van der Waals surface area contributed by atoms with Crippen LogP contribution in [-0.4, -0.2) is 215 Å². The van der Waals surface area contributed by atoms with E-state index in [1.165, 1.54) is 0 Å². The van der Waals surface area contributed by atoms with Crippen LogP contribution in [0.25, 0.3) is 0 Å². The SMILES string of the molecule is CC(O)C[N+](CC[N+](CC(C)O)(CC(C)O)CC(O)C[N+](C)(C)CCO)(CC(C)O)CC(O)C[N+](C)(C)CCO.[Cl-].[Cl-].[Cl-].[Cl-]. The molecule has 0 spiro atoms. The third kappa shape index (κ3) is 23.9. The van der Waals surface area contributed by atoms with Gasteiger partial charge in [-0.25, -0.2) is 0 Å². The molecule has 0 saturated heterocycles. The number of hydrogen-bond acceptors (Lipinski definition) is 8. The minimum absolute atomic E-state index is 0. The van der Waals surface area contributed by atoms with Crippen molar-refractivity contribution < 1.29 is 108 Å². The molecule has 0 radical (unpaired) electrons. The van der Waals surface area contributed by atoms with Crippen LogP contribution in [0.2, 0.25) is 0 Å². The number of likely N-dealkylation sites (N-methyl/N-ethyl adjacent to an activating group) is 2. The van der Waals surface area contributed by atoms with Crippen LogP contribution in [0.5, 0.6) is 0 Å². The Kier molecular flexibility index (Phi) is 30.5. The first-order valence-electron chi connectivity index (χ1n) is 14.8. The number of halogens is 4. The predicted molar refractivity (Wildman–Crippen MR) is 156 cm³/mol. The molecule has 8 N–H and O–H groups in total. The molecule has 6 atom stereocenters. The van der Waals surface area contributed by atoms with E-state index in [-0.39, 0.29) is 84.9 Å². The van der Waals surface area contributed by atoms with Crippen LogP contribution in [0.15, 0.2) is 0 Å². The maximum absolute atomic E-state index is 11.2. The highest BCUT2D eigenvalue weighted by Gasteiger charge is 2.41. The third-order valence-electron chi connectivity index (χ3n) is 7.67. The fraction of sp³-hybridized carbons (Fsp3) is 1.00. The number of quaternary nitrogens is 4. The summed E-state index contributed by atoms with van der Waals surface area (Å²) in [4.78, 5) is 0. The molecular weight excluding hydrogens is 662 g/mol. The molecule has 0 aromatic heterocycles. The zero-order valence-electron chi connectivity index (χ0n) is 28.2. The van der Waals surface area contributed by atoms with Crippen molar-refractivity contribution in [2.45, 2.75) is 64.3 Å². The molecule has 0 aromatic rings. The second-order valence-electron chi connectivity index (χ2n) is 14.1. The Morgan fingerprint density at radius 1 is 0.386 bits per heavy atom. The van der Waals surface area contributed by atoms with E-state index in [0.717, 1.165) is 0 Å². The molecule has 6 unspecified atom stereocenters. The average Bonchev–Trinajstić information content (AvgIpc) is 2.68. The number of rotatable bonds is 23. The van der Waals surface area contributed by atoms with Crippen LogP contribution in [0, 0.1) is 0 Å². The molecule has 0 saturated carbocycles. The van der Waals surface area contributed by atoms with E-state index in [0.29, 0.717) is 74.4 Å². The molecule has 0 fully saturated rings. The molecule has 0 heterocycles. The van der Waals surface area contributed by atoms with E-state index >= 15 is 0 Å². The van der Waals surface area contributed by atoms with Gasteiger partial charge in [-0.05, 0) is 27.7 Å². The normalized spacial score (nSPS) is 18.8. The lowest BCUT2D eigenvalue weighted by molar-refractivity contribution is -0.991. The minimum Gasteiger partial charge on any atom is -1.00 e. The molecule has 0 bridgehead atoms. The molecule has 16 heteroatoms. The highest BCUT2D eigenvalue weighted by atomic mass is 35.5. The van der Waals surface area contributed by atoms with Crippen molar-refractivity contribution in [2.24, 2.45) is 0 Å². The fourth-order valence-electron chi connectivity index (χ4n) is 6.54. The smallest absolute Gasteiger partial charge is 0.152 e. The van der Waals surface area contributed by atoms with Gasteiger partial charge in [0.25, 0.3) is 0 Å². The van der Waals surface area contributed by atoms with Crippen LogP contribution >= 0.6 is 0 Å². The Labute approximate surface area is 291 Å². The summed E-state index contributed by atoms with van der Waals surface area (Å²) >= 11 is 0. The van der Waals surface area contributed by atoms with Gasteiger partial charge in [0.15, 0.2) is 12.2 Å². The van der Waals surface area contributed by atoms with Crippen molar-refractivity contribution in [3.05, 3.63) is 0 Å². The lowest BCUT2D eigenvalue weighted by Crippen LogP contribution is -3.00. The van der Waals surface area contributed by atoms with Crippen molar-refractivity contribution in [1.29, 1.82) is 0 Å². The van der Waals surface area contributed by atoms with Crippen molar-refractivity contribution >= 4 is 0 Å². The van der Waals surface area contributed by atoms with Gasteiger partial charge in [-0.2, -0.15) is 0 Å². The third-order valence-corrected chi connectivity index (χ3v) is 7.67. The standard InChI is InChI=1S/C28H66N4O8.4ClH/c1-23(35)15-31(16-24(2)36,21-27(39)19-29(5,6)11-13-33)9-10-32(17-25(3)37,18-26(4)38)22-28(40)20-30(7,8)12-14-34;;;;/h23-28,33-40H,9-22H2,1-8H3;4*1H/q+4;;;;/p-4. The topological polar surface area (TPSA) is 162 Å². The molecule has 0 aliphatic carbocycles. The molecule has 12 nitrogen and oxygen atoms in total. The Balaban J connectivity index is -0.00000127. The summed E-state index contributed by atoms with van der Waals surface area (Å²) in [6.07, 6.45) is -4.35. The minimum atomic E-state index is -0.767. The highest BCUT2D eigenvalue weighted by molar-refractivity contribution is 4.65. The number of nitrogens with zero attached hydrogens (tertiary/aromatic N) is 4. The fourth-order valence-corrected chi connectivity index (χ4v) is 6.54. The Hall–Kier alpha value is 0.680. The highest BCUT2D eigenvalue weighted by Crippen LogP contribution is 2.20. The Morgan fingerprint density at radius 3 is 0.795 bits per heavy atom. The predicted octanol–water partition coefficient (Wildman–Crippen LogP) is -15.0. The van der Waals surface area contributed by atoms with E-state index in [1.807, 2.05) is 28.2 Å². The zero-order valence-corrected chi connectivity index (χ0v) is 31.3. The van der Waals surface area contributed by atoms with Crippen molar-refractivity contribution in [1.82, 2.24) is 0 Å². The molecule has 0 amide bonds. The molecule has 0 aliphatic heterocycles. The lowest BCUT2D eigenvalue weighted by atomic mass is 10.1. The Morgan fingerprint density at radius 2 is 0.614 bits per heavy atom. The van der Waals surface area contributed by atoms with E-state index in [4.69, 9.17) is 0 Å². The van der Waals surface area contributed by atoms with Crippen molar-refractivity contribution in [2.75, 3.05) is 120 Å². The summed E-state index contributed by atoms with van der Waals surface area (Å²) in [5, 5.41) is 83.3. The van der Waals surface area contributed by atoms with Gasteiger partial charge >= 0.3 is 0 Å². The Bertz CT molecular complexity index is 620. The number of aliphatic hydroxyl groups excluding tert-OH is 8. The maximum Gasteiger partial charge on any atom is 0.152 e. The van der Waals surface area contributed by atoms with Gasteiger partial charge in [0.2, 0.25) is 0 Å². The molecule has 0 aromatic carbocycles. The zero-order chi connectivity index (χ0) is 31.4. The van der Waals surface area contributed by atoms with Crippen LogP contribution in [-0.2, 0) is 0 Å². The summed E-state index contributed by atoms with van der Waals surface area (Å²) in [7, 11) is 7.73. The first-order valence-corrected chi connectivity index (χ1v) is 14.8. The lowest BCUT2D eigenvalue weighted by Gasteiger charge is -2.47. The van der Waals surface area contributed by atoms with Crippen LogP contribution in [0.1, 0.15) is 27.7 Å². The largest absolute Gasteiger partial charge is 1.00 e. The van der Waals surface area contributed by atoms with E-state index in [9.17, 15) is 40.9 Å². The summed E-state index contributed by atoms with van der Waals surface area (Å²) in [6, 6.07) is 0. The van der Waals surface area contributed by atoms with E-state index < -0.39 is 36.6 Å². The first-order chi connectivity index (χ1) is 18.2. The monoisotopic (exact) mass is 726 g/mol. The number of aliphatic hydroxyl groups is 8. The number of hydrogen-bond donors (Lipinski definition) is 8. The van der Waals surface area contributed by atoms with Crippen LogP contribution < -0.4 is 49.6 Å². The molecule has 274 valence electrons. The van der Waals surface area contributed by atoms with Gasteiger partial charge in [0.05, 0.1) is 41.4 Å². The van der Waals surface area contributed by atoms with Crippen molar-refractivity contribution in [3.63, 3.8) is 0 Å². The molecular formula is C28H66Cl4N4O8. The van der Waals surface area contributed by atoms with Crippen molar-refractivity contribution in [3.8, 4) is 0 Å². The summed E-state index contributed by atoms with van der Waals surface area (Å²) in [5.41, 5.74) is 0. The van der Waals surface area contributed by atoms with Gasteiger partial charge < -0.3 is 108 Å². The summed E-state index contributed by atoms with van der Waals surface area (Å²) in [6.45, 7) is 11.1. The second kappa shape index (κ2) is 24.8. The van der Waals surface area contributed by atoms with Crippen LogP contribution in [0.4, 0.5) is 0 Å². The molecule has 0 rings (SSSR count). The summed E-state index contributed by atoms with van der Waals surface area (Å²) in [5.74, 6) is 0. The van der Waals surface area contributed by atoms with Gasteiger partial charge in [0, 0.05) is 0 Å². The molecule has 44 heavy (non-hydrogen) atoms. The quantitative estimate of drug-likeness (QED) is 0.0482. The first kappa shape index (κ1) is 54.1. The van der Waals surface area contributed by atoms with Gasteiger partial charge in [0.1, 0.15) is 103 Å². The maximum atomic E-state index is 11.2. The second-order valence-corrected chi connectivity index (χ2v) is 14.1. The van der Waals surface area contributed by atoms with Crippen LogP contribution in [0.3, 0.4) is 0 Å². The van der Waals surface area contributed by atoms with Gasteiger partial charge in [-0.1, -0.05) is 0 Å². The van der Waals surface area contributed by atoms with E-state index in [1.54, 1.807) is 27.7 Å².